The second-order valence-corrected chi connectivity index (χ2v) is 11.1. The third-order valence-corrected chi connectivity index (χ3v) is 7.40. The van der Waals surface area contributed by atoms with Gasteiger partial charge in [0.25, 0.3) is 0 Å². The summed E-state index contributed by atoms with van der Waals surface area (Å²) in [5.41, 5.74) is 0.368. The van der Waals surface area contributed by atoms with Crippen LogP contribution >= 0.6 is 0 Å². The molecule has 52 heavy (non-hydrogen) atoms. The van der Waals surface area contributed by atoms with Crippen LogP contribution in [0, 0.1) is 0 Å². The van der Waals surface area contributed by atoms with Crippen molar-refractivity contribution in [2.75, 3.05) is 39.6 Å². The van der Waals surface area contributed by atoms with Crippen LogP contribution in [-0.2, 0) is 47.5 Å². The maximum atomic E-state index is 12.8. The minimum atomic E-state index is -0.930. The molecular formula is C36H38O16. The third-order valence-electron chi connectivity index (χ3n) is 7.40. The molecular weight excluding hydrogens is 688 g/mol. The summed E-state index contributed by atoms with van der Waals surface area (Å²) in [7, 11) is 0. The summed E-state index contributed by atoms with van der Waals surface area (Å²) in [6.07, 6.45) is -0.714. The van der Waals surface area contributed by atoms with Crippen molar-refractivity contribution in [1.82, 2.24) is 0 Å². The predicted molar refractivity (Wildman–Crippen MR) is 176 cm³/mol. The molecule has 0 N–H and O–H groups in total. The second-order valence-electron chi connectivity index (χ2n) is 11.1. The van der Waals surface area contributed by atoms with Crippen LogP contribution in [0.1, 0.15) is 46.4 Å². The van der Waals surface area contributed by atoms with Crippen molar-refractivity contribution in [3.63, 3.8) is 0 Å². The van der Waals surface area contributed by atoms with Crippen molar-refractivity contribution in [1.29, 1.82) is 0 Å². The molecule has 0 aliphatic carbocycles. The van der Waals surface area contributed by atoms with E-state index in [1.54, 1.807) is 0 Å². The Labute approximate surface area is 298 Å². The van der Waals surface area contributed by atoms with E-state index in [1.807, 2.05) is 0 Å². The summed E-state index contributed by atoms with van der Waals surface area (Å²) in [4.78, 5) is 71.5. The summed E-state index contributed by atoms with van der Waals surface area (Å²) in [5.74, 6) is -2.09. The van der Waals surface area contributed by atoms with E-state index >= 15 is 0 Å². The van der Waals surface area contributed by atoms with Gasteiger partial charge in [-0.2, -0.15) is 0 Å². The Hall–Kier alpha value is -5.74. The first-order valence-corrected chi connectivity index (χ1v) is 16.3. The van der Waals surface area contributed by atoms with Crippen LogP contribution in [0.25, 0.3) is 0 Å². The van der Waals surface area contributed by atoms with Crippen LogP contribution < -0.4 is 9.47 Å². The summed E-state index contributed by atoms with van der Waals surface area (Å²) in [6, 6.07) is 11.3. The molecule has 2 aromatic rings. The zero-order chi connectivity index (χ0) is 37.3. The van der Waals surface area contributed by atoms with Gasteiger partial charge in [0.2, 0.25) is 0 Å². The molecule has 0 amide bonds. The first-order chi connectivity index (χ1) is 25.2. The molecule has 4 atom stereocenters. The third kappa shape index (κ3) is 12.2. The van der Waals surface area contributed by atoms with Crippen molar-refractivity contribution in [2.24, 2.45) is 0 Å². The van der Waals surface area contributed by atoms with Crippen molar-refractivity contribution >= 4 is 36.2 Å². The lowest BCUT2D eigenvalue weighted by Gasteiger charge is -2.17. The van der Waals surface area contributed by atoms with Gasteiger partial charge in [-0.3, -0.25) is 0 Å². The van der Waals surface area contributed by atoms with E-state index in [0.717, 1.165) is 12.2 Å². The molecule has 16 nitrogen and oxygen atoms in total. The molecule has 2 aliphatic rings. The van der Waals surface area contributed by atoms with Crippen molar-refractivity contribution in [3.05, 3.63) is 85.0 Å². The number of carbonyl (C=O) groups is 6. The van der Waals surface area contributed by atoms with Crippen molar-refractivity contribution < 1.29 is 76.1 Å². The van der Waals surface area contributed by atoms with Gasteiger partial charge in [-0.05, 0) is 74.2 Å². The Morgan fingerprint density at radius 1 is 0.558 bits per heavy atom. The topological polar surface area (TPSA) is 195 Å². The SMILES string of the molecule is C=CC(=O)OCCCCOC(=O)Oc1ccc(C(=O)O[C@H]2COC3C2OC[C@H]3OC(=O)c2ccc(OC(=O)OCCCCOC(=O)C=C)cc2)cc1. The minimum absolute atomic E-state index is 0.0176. The average Bonchev–Trinajstić information content (AvgIpc) is 3.74. The van der Waals surface area contributed by atoms with E-state index in [9.17, 15) is 28.8 Å². The Morgan fingerprint density at radius 2 is 0.904 bits per heavy atom. The van der Waals surface area contributed by atoms with E-state index in [2.05, 4.69) is 13.2 Å². The van der Waals surface area contributed by atoms with Crippen LogP contribution in [0.5, 0.6) is 11.5 Å². The Bertz CT molecular complexity index is 1450. The fourth-order valence-electron chi connectivity index (χ4n) is 4.79. The van der Waals surface area contributed by atoms with E-state index in [4.69, 9.17) is 47.4 Å². The van der Waals surface area contributed by atoms with E-state index < -0.39 is 60.6 Å². The lowest BCUT2D eigenvalue weighted by Crippen LogP contribution is -2.36. The molecule has 0 aromatic heterocycles. The van der Waals surface area contributed by atoms with E-state index in [1.165, 1.54) is 48.5 Å². The molecule has 2 fully saturated rings. The normalized spacial score (nSPS) is 18.5. The summed E-state index contributed by atoms with van der Waals surface area (Å²) in [5, 5.41) is 0. The Balaban J connectivity index is 1.14. The number of ether oxygens (including phenoxy) is 10. The first kappa shape index (κ1) is 39.1. The number of benzene rings is 2. The number of unbranched alkanes of at least 4 members (excludes halogenated alkanes) is 2. The highest BCUT2D eigenvalue weighted by atomic mass is 16.7. The summed E-state index contributed by atoms with van der Waals surface area (Å²) in [6.45, 7) is 7.10. The van der Waals surface area contributed by atoms with Crippen molar-refractivity contribution in [2.45, 2.75) is 50.1 Å². The number of fused-ring (bicyclic) bond motifs is 1. The average molecular weight is 727 g/mol. The smallest absolute Gasteiger partial charge is 0.463 e. The number of hydrogen-bond donors (Lipinski definition) is 0. The number of rotatable bonds is 18. The summed E-state index contributed by atoms with van der Waals surface area (Å²) >= 11 is 0. The largest absolute Gasteiger partial charge is 0.513 e. The van der Waals surface area contributed by atoms with Crippen LogP contribution in [0.4, 0.5) is 9.59 Å². The quantitative estimate of drug-likeness (QED) is 0.0693. The highest BCUT2D eigenvalue weighted by Crippen LogP contribution is 2.32. The number of carbonyl (C=O) groups excluding carboxylic acids is 6. The Kier molecular flexibility index (Phi) is 15.2. The highest BCUT2D eigenvalue weighted by Gasteiger charge is 2.51. The maximum absolute atomic E-state index is 12.8. The Morgan fingerprint density at radius 3 is 1.25 bits per heavy atom. The van der Waals surface area contributed by atoms with Gasteiger partial charge in [0.15, 0.2) is 12.2 Å². The van der Waals surface area contributed by atoms with Gasteiger partial charge in [0.05, 0.1) is 50.8 Å². The van der Waals surface area contributed by atoms with Crippen molar-refractivity contribution in [3.8, 4) is 11.5 Å². The molecule has 4 rings (SSSR count). The molecule has 2 saturated heterocycles. The molecule has 0 bridgehead atoms. The monoisotopic (exact) mass is 726 g/mol. The molecule has 2 unspecified atom stereocenters. The number of hydrogen-bond acceptors (Lipinski definition) is 16. The van der Waals surface area contributed by atoms with Crippen LogP contribution in [0.15, 0.2) is 73.8 Å². The lowest BCUT2D eigenvalue weighted by molar-refractivity contribution is -0.138. The van der Waals surface area contributed by atoms with Gasteiger partial charge in [-0.1, -0.05) is 13.2 Å². The van der Waals surface area contributed by atoms with Crippen LogP contribution in [0.2, 0.25) is 0 Å². The minimum Gasteiger partial charge on any atom is -0.463 e. The van der Waals surface area contributed by atoms with Gasteiger partial charge in [-0.15, -0.1) is 0 Å². The van der Waals surface area contributed by atoms with Gasteiger partial charge in [0.1, 0.15) is 23.7 Å². The van der Waals surface area contributed by atoms with Gasteiger partial charge >= 0.3 is 36.2 Å². The standard InChI is InChI=1S/C36H38O16/c1-3-29(37)43-17-5-7-19-45-35(41)49-25-13-9-23(10-14-25)33(39)51-27-21-47-32-28(22-48-31(27)32)52-34(40)24-11-15-26(16-12-24)50-36(42)46-20-8-6-18-44-30(38)4-2/h3-4,9-16,27-28,31-32H,1-2,5-8,17-22H2/t27-,28+,31?,32?. The molecule has 16 heteroatoms. The molecule has 2 aromatic carbocycles. The van der Waals surface area contributed by atoms with E-state index in [-0.39, 0.29) is 62.3 Å². The molecule has 278 valence electrons. The van der Waals surface area contributed by atoms with E-state index in [0.29, 0.717) is 25.7 Å². The van der Waals surface area contributed by atoms with Gasteiger partial charge < -0.3 is 47.4 Å². The fourth-order valence-corrected chi connectivity index (χ4v) is 4.79. The molecule has 0 radical (unpaired) electrons. The zero-order valence-electron chi connectivity index (χ0n) is 28.1. The molecule has 2 aliphatic heterocycles. The van der Waals surface area contributed by atoms with Crippen LogP contribution in [-0.4, -0.2) is 100 Å². The first-order valence-electron chi connectivity index (χ1n) is 16.3. The summed E-state index contributed by atoms with van der Waals surface area (Å²) < 4.78 is 52.6. The van der Waals surface area contributed by atoms with Gasteiger partial charge in [0, 0.05) is 12.2 Å². The number of esters is 4. The second kappa shape index (κ2) is 20.2. The molecule has 0 spiro atoms. The molecule has 0 saturated carbocycles. The molecule has 2 heterocycles. The lowest BCUT2D eigenvalue weighted by atomic mass is 10.1. The predicted octanol–water partition coefficient (Wildman–Crippen LogP) is 4.28. The van der Waals surface area contributed by atoms with Crippen LogP contribution in [0.3, 0.4) is 0 Å². The maximum Gasteiger partial charge on any atom is 0.513 e. The zero-order valence-corrected chi connectivity index (χ0v) is 28.1. The highest BCUT2D eigenvalue weighted by molar-refractivity contribution is 5.90. The van der Waals surface area contributed by atoms with Gasteiger partial charge in [-0.25, -0.2) is 28.8 Å². The fraction of sp³-hybridized carbons (Fsp3) is 0.389.